The summed E-state index contributed by atoms with van der Waals surface area (Å²) >= 11 is 1.49. The molecule has 3 aromatic rings. The summed E-state index contributed by atoms with van der Waals surface area (Å²) in [5.74, 6) is 0.540. The Labute approximate surface area is 149 Å². The van der Waals surface area contributed by atoms with Gasteiger partial charge in [-0.25, -0.2) is 4.57 Å². The summed E-state index contributed by atoms with van der Waals surface area (Å²) in [5.41, 5.74) is 2.30. The summed E-state index contributed by atoms with van der Waals surface area (Å²) in [4.78, 5) is 0. The second kappa shape index (κ2) is 6.25. The van der Waals surface area contributed by atoms with Crippen molar-refractivity contribution in [2.75, 3.05) is 5.09 Å². The summed E-state index contributed by atoms with van der Waals surface area (Å²) in [6.07, 6.45) is 1.90. The first-order valence-corrected chi connectivity index (χ1v) is 10.1. The molecule has 6 heteroatoms. The van der Waals surface area contributed by atoms with Crippen LogP contribution >= 0.6 is 18.9 Å². The van der Waals surface area contributed by atoms with Crippen molar-refractivity contribution in [3.05, 3.63) is 82.7 Å². The smallest absolute Gasteiger partial charge is 0.372 e. The molecule has 1 aliphatic rings. The van der Waals surface area contributed by atoms with Gasteiger partial charge in [0.25, 0.3) is 0 Å². The predicted octanol–water partition coefficient (Wildman–Crippen LogP) is 5.82. The fraction of sp³-hybridized carbons (Fsp3) is 0. The number of anilines is 1. The van der Waals surface area contributed by atoms with Crippen molar-refractivity contribution in [1.82, 2.24) is 0 Å². The standard InChI is InChI=1S/C19H13N2O2PS/c20-13-14-6-8-15(9-7-14)18-12-16-10-11-25-19(16)21-24(18,22)23-17-4-2-1-3-5-17/h1-12H,(H,21,22). The zero-order chi connectivity index (χ0) is 17.3. The quantitative estimate of drug-likeness (QED) is 0.595. The summed E-state index contributed by atoms with van der Waals surface area (Å²) in [6, 6.07) is 20.2. The molecule has 4 rings (SSSR count). The monoisotopic (exact) mass is 364 g/mol. The van der Waals surface area contributed by atoms with Crippen LogP contribution in [-0.2, 0) is 4.57 Å². The number of fused-ring (bicyclic) bond motifs is 1. The number of nitrogens with one attached hydrogen (secondary N) is 1. The lowest BCUT2D eigenvalue weighted by Crippen LogP contribution is -2.09. The lowest BCUT2D eigenvalue weighted by Gasteiger charge is -2.27. The van der Waals surface area contributed by atoms with Crippen molar-refractivity contribution in [3.63, 3.8) is 0 Å². The maximum Gasteiger partial charge on any atom is 0.372 e. The van der Waals surface area contributed by atoms with E-state index in [1.54, 1.807) is 36.4 Å². The average Bonchev–Trinajstić information content (AvgIpc) is 3.08. The Balaban J connectivity index is 1.81. The van der Waals surface area contributed by atoms with Gasteiger partial charge in [-0.1, -0.05) is 30.3 Å². The number of nitrogens with zero attached hydrogens (tertiary/aromatic N) is 1. The zero-order valence-electron chi connectivity index (χ0n) is 13.0. The van der Waals surface area contributed by atoms with Crippen molar-refractivity contribution >= 4 is 35.2 Å². The molecule has 0 spiro atoms. The van der Waals surface area contributed by atoms with Gasteiger partial charge in [-0.3, -0.25) is 5.09 Å². The van der Waals surface area contributed by atoms with Crippen molar-refractivity contribution in [3.8, 4) is 11.8 Å². The molecule has 0 fully saturated rings. The van der Waals surface area contributed by atoms with E-state index in [1.807, 2.05) is 35.7 Å². The van der Waals surface area contributed by atoms with Gasteiger partial charge < -0.3 is 4.52 Å². The van der Waals surface area contributed by atoms with E-state index in [9.17, 15) is 4.57 Å². The summed E-state index contributed by atoms with van der Waals surface area (Å²) in [7, 11) is -3.35. The van der Waals surface area contributed by atoms with Gasteiger partial charge in [0, 0.05) is 5.56 Å². The summed E-state index contributed by atoms with van der Waals surface area (Å²) in [6.45, 7) is 0. The minimum atomic E-state index is -3.35. The number of hydrogen-bond donors (Lipinski definition) is 1. The molecule has 2 aromatic carbocycles. The first-order valence-electron chi connectivity index (χ1n) is 7.61. The number of benzene rings is 2. The molecule has 0 bridgehead atoms. The van der Waals surface area contributed by atoms with Crippen LogP contribution in [0.2, 0.25) is 0 Å². The molecule has 1 N–H and O–H groups in total. The molecular weight excluding hydrogens is 351 g/mol. The molecule has 25 heavy (non-hydrogen) atoms. The number of hydrogen-bond acceptors (Lipinski definition) is 4. The third kappa shape index (κ3) is 2.98. The normalized spacial score (nSPS) is 18.4. The zero-order valence-corrected chi connectivity index (χ0v) is 14.8. The Hall–Kier alpha value is -2.80. The van der Waals surface area contributed by atoms with Crippen LogP contribution in [0.3, 0.4) is 0 Å². The van der Waals surface area contributed by atoms with Crippen LogP contribution in [-0.4, -0.2) is 0 Å². The lowest BCUT2D eigenvalue weighted by atomic mass is 10.1. The Morgan fingerprint density at radius 1 is 1.04 bits per heavy atom. The maximum absolute atomic E-state index is 13.7. The Morgan fingerprint density at radius 2 is 1.80 bits per heavy atom. The third-order valence-electron chi connectivity index (χ3n) is 3.84. The lowest BCUT2D eigenvalue weighted by molar-refractivity contribution is 0.499. The molecule has 1 aromatic heterocycles. The van der Waals surface area contributed by atoms with E-state index in [0.717, 1.165) is 16.1 Å². The molecule has 1 aliphatic heterocycles. The van der Waals surface area contributed by atoms with Gasteiger partial charge >= 0.3 is 7.52 Å². The summed E-state index contributed by atoms with van der Waals surface area (Å²) in [5, 5.41) is 15.4. The van der Waals surface area contributed by atoms with E-state index in [4.69, 9.17) is 9.79 Å². The first kappa shape index (κ1) is 15.7. The van der Waals surface area contributed by atoms with Crippen molar-refractivity contribution in [2.45, 2.75) is 0 Å². The van der Waals surface area contributed by atoms with Crippen molar-refractivity contribution in [2.24, 2.45) is 0 Å². The van der Waals surface area contributed by atoms with E-state index in [0.29, 0.717) is 16.6 Å². The second-order valence-corrected chi connectivity index (χ2v) is 8.40. The molecule has 4 nitrogen and oxygen atoms in total. The van der Waals surface area contributed by atoms with Gasteiger partial charge in [0.15, 0.2) is 0 Å². The Kier molecular flexibility index (Phi) is 3.93. The van der Waals surface area contributed by atoms with Crippen molar-refractivity contribution < 1.29 is 9.09 Å². The van der Waals surface area contributed by atoms with Crippen LogP contribution < -0.4 is 9.61 Å². The second-order valence-electron chi connectivity index (χ2n) is 5.49. The van der Waals surface area contributed by atoms with Gasteiger partial charge in [0.2, 0.25) is 0 Å². The number of para-hydroxylation sites is 1. The minimum absolute atomic E-state index is 0.540. The van der Waals surface area contributed by atoms with Crippen LogP contribution in [0.1, 0.15) is 16.7 Å². The Morgan fingerprint density at radius 3 is 2.52 bits per heavy atom. The molecule has 0 saturated carbocycles. The van der Waals surface area contributed by atoms with Gasteiger partial charge in [-0.15, -0.1) is 11.3 Å². The van der Waals surface area contributed by atoms with E-state index in [-0.39, 0.29) is 0 Å². The number of nitriles is 1. The molecule has 0 amide bonds. The molecule has 0 saturated heterocycles. The highest BCUT2D eigenvalue weighted by atomic mass is 32.1. The van der Waals surface area contributed by atoms with Crippen LogP contribution in [0.4, 0.5) is 5.00 Å². The fourth-order valence-corrected chi connectivity index (χ4v) is 5.68. The van der Waals surface area contributed by atoms with Crippen LogP contribution in [0.15, 0.2) is 66.0 Å². The van der Waals surface area contributed by atoms with Crippen LogP contribution in [0, 0.1) is 11.3 Å². The number of rotatable bonds is 3. The first-order chi connectivity index (χ1) is 12.2. The molecular formula is C19H13N2O2PS. The molecule has 1 atom stereocenters. The van der Waals surface area contributed by atoms with Gasteiger partial charge in [0.1, 0.15) is 10.8 Å². The molecule has 0 aliphatic carbocycles. The van der Waals surface area contributed by atoms with E-state index >= 15 is 0 Å². The van der Waals surface area contributed by atoms with Crippen LogP contribution in [0.5, 0.6) is 5.75 Å². The highest BCUT2D eigenvalue weighted by Gasteiger charge is 2.36. The van der Waals surface area contributed by atoms with Gasteiger partial charge in [-0.05, 0) is 47.4 Å². The predicted molar refractivity (Wildman–Crippen MR) is 102 cm³/mol. The highest BCUT2D eigenvalue weighted by molar-refractivity contribution is 7.72. The van der Waals surface area contributed by atoms with Crippen LogP contribution in [0.25, 0.3) is 11.4 Å². The molecule has 122 valence electrons. The largest absolute Gasteiger partial charge is 0.426 e. The molecule has 1 unspecified atom stereocenters. The van der Waals surface area contributed by atoms with E-state index in [2.05, 4.69) is 11.2 Å². The summed E-state index contributed by atoms with van der Waals surface area (Å²) < 4.78 is 19.6. The van der Waals surface area contributed by atoms with E-state index in [1.165, 1.54) is 11.3 Å². The average molecular weight is 364 g/mol. The topological polar surface area (TPSA) is 62.1 Å². The fourth-order valence-electron chi connectivity index (χ4n) is 2.62. The highest BCUT2D eigenvalue weighted by Crippen LogP contribution is 2.62. The third-order valence-corrected chi connectivity index (χ3v) is 6.85. The van der Waals surface area contributed by atoms with E-state index < -0.39 is 7.52 Å². The SMILES string of the molecule is N#Cc1ccc(C2=Cc3ccsc3NP2(=O)Oc2ccccc2)cc1. The molecule has 0 radical (unpaired) electrons. The van der Waals surface area contributed by atoms with Crippen molar-refractivity contribution in [1.29, 1.82) is 5.26 Å². The number of thiophene rings is 1. The minimum Gasteiger partial charge on any atom is -0.426 e. The maximum atomic E-state index is 13.7. The van der Waals surface area contributed by atoms with Gasteiger partial charge in [0.05, 0.1) is 16.9 Å². The molecule has 2 heterocycles. The Bertz CT molecular complexity index is 1030. The van der Waals surface area contributed by atoms with Gasteiger partial charge in [-0.2, -0.15) is 5.26 Å².